The molecule has 0 spiro atoms. The molecule has 28 heavy (non-hydrogen) atoms. The second-order valence-electron chi connectivity index (χ2n) is 6.63. The van der Waals surface area contributed by atoms with Gasteiger partial charge in [0.1, 0.15) is 5.75 Å². The number of aromatic nitrogens is 2. The Balaban J connectivity index is 1.66. The van der Waals surface area contributed by atoms with Crippen LogP contribution in [0.2, 0.25) is 0 Å². The van der Waals surface area contributed by atoms with E-state index in [1.807, 2.05) is 37.6 Å². The topological polar surface area (TPSA) is 70.4 Å². The number of esters is 1. The number of hydrogen-bond acceptors (Lipinski definition) is 6. The molecule has 1 aromatic carbocycles. The Morgan fingerprint density at radius 3 is 2.50 bits per heavy atom. The third kappa shape index (κ3) is 4.31. The summed E-state index contributed by atoms with van der Waals surface area (Å²) >= 11 is 1.49. The van der Waals surface area contributed by atoms with Crippen molar-refractivity contribution in [3.63, 3.8) is 0 Å². The molecule has 0 amide bonds. The van der Waals surface area contributed by atoms with E-state index in [4.69, 9.17) is 9.47 Å². The first kappa shape index (κ1) is 19.8. The number of carbonyl (C=O) groups excluding carboxylic acids is 2. The van der Waals surface area contributed by atoms with Gasteiger partial charge in [-0.3, -0.25) is 9.36 Å². The number of benzene rings is 1. The molecule has 3 aromatic rings. The number of Topliss-reactive ketones (excluding diaryl/α,β-unsaturated/α-hetero) is 1. The lowest BCUT2D eigenvalue weighted by Crippen LogP contribution is -2.15. The van der Waals surface area contributed by atoms with Gasteiger partial charge in [0.2, 0.25) is 5.78 Å². The van der Waals surface area contributed by atoms with E-state index >= 15 is 0 Å². The van der Waals surface area contributed by atoms with Crippen LogP contribution < -0.4 is 4.74 Å². The van der Waals surface area contributed by atoms with Gasteiger partial charge in [-0.1, -0.05) is 0 Å². The zero-order valence-corrected chi connectivity index (χ0v) is 17.1. The fraction of sp³-hybridized carbons (Fsp3) is 0.286. The second-order valence-corrected chi connectivity index (χ2v) is 7.50. The van der Waals surface area contributed by atoms with Gasteiger partial charge in [0.25, 0.3) is 0 Å². The van der Waals surface area contributed by atoms with Crippen molar-refractivity contribution in [1.29, 1.82) is 0 Å². The minimum Gasteiger partial charge on any atom is -0.491 e. The number of ketones is 1. The maximum Gasteiger partial charge on any atom is 0.338 e. The number of nitrogens with zero attached hydrogens (tertiary/aromatic N) is 2. The SMILES string of the molecule is Cc1cc(C(=O)COC(=O)c2ccc(OC(C)C)cc2)c(C)n1-c1nccs1. The molecule has 146 valence electrons. The summed E-state index contributed by atoms with van der Waals surface area (Å²) in [5.74, 6) is -0.112. The number of hydrogen-bond donors (Lipinski definition) is 0. The second kappa shape index (κ2) is 8.39. The minimum atomic E-state index is -0.543. The number of carbonyl (C=O) groups is 2. The monoisotopic (exact) mass is 398 g/mol. The molecule has 7 heteroatoms. The molecule has 0 N–H and O–H groups in total. The zero-order valence-electron chi connectivity index (χ0n) is 16.3. The van der Waals surface area contributed by atoms with Crippen molar-refractivity contribution in [3.8, 4) is 10.9 Å². The maximum atomic E-state index is 12.6. The molecule has 0 saturated carbocycles. The van der Waals surface area contributed by atoms with Crippen LogP contribution in [0.3, 0.4) is 0 Å². The van der Waals surface area contributed by atoms with E-state index in [1.165, 1.54) is 11.3 Å². The van der Waals surface area contributed by atoms with Crippen molar-refractivity contribution >= 4 is 23.1 Å². The summed E-state index contributed by atoms with van der Waals surface area (Å²) in [5, 5.41) is 2.68. The first-order chi connectivity index (χ1) is 13.4. The molecular weight excluding hydrogens is 376 g/mol. The molecule has 0 radical (unpaired) electrons. The van der Waals surface area contributed by atoms with Crippen LogP contribution in [-0.2, 0) is 4.74 Å². The number of aryl methyl sites for hydroxylation is 1. The molecule has 0 aliphatic heterocycles. The van der Waals surface area contributed by atoms with Gasteiger partial charge in [-0.25, -0.2) is 9.78 Å². The van der Waals surface area contributed by atoms with E-state index in [1.54, 1.807) is 36.5 Å². The number of rotatable bonds is 7. The average molecular weight is 398 g/mol. The van der Waals surface area contributed by atoms with Crippen molar-refractivity contribution in [2.24, 2.45) is 0 Å². The van der Waals surface area contributed by atoms with Crippen LogP contribution in [0.5, 0.6) is 5.75 Å². The van der Waals surface area contributed by atoms with Gasteiger partial charge in [-0.2, -0.15) is 0 Å². The van der Waals surface area contributed by atoms with Crippen molar-refractivity contribution in [2.75, 3.05) is 6.61 Å². The van der Waals surface area contributed by atoms with Crippen LogP contribution in [0.25, 0.3) is 5.13 Å². The summed E-state index contributed by atoms with van der Waals surface area (Å²) in [6.07, 6.45) is 1.78. The molecule has 6 nitrogen and oxygen atoms in total. The van der Waals surface area contributed by atoms with Crippen molar-refractivity contribution < 1.29 is 19.1 Å². The molecule has 3 rings (SSSR count). The predicted molar refractivity (Wildman–Crippen MR) is 108 cm³/mol. The normalized spacial score (nSPS) is 10.9. The molecule has 0 fully saturated rings. The Bertz CT molecular complexity index is 973. The van der Waals surface area contributed by atoms with Gasteiger partial charge in [-0.15, -0.1) is 11.3 Å². The molecule has 2 heterocycles. The lowest BCUT2D eigenvalue weighted by molar-refractivity contribution is 0.0474. The average Bonchev–Trinajstić information content (AvgIpc) is 3.27. The molecular formula is C21H22N2O4S. The molecule has 0 bridgehead atoms. The summed E-state index contributed by atoms with van der Waals surface area (Å²) < 4.78 is 12.7. The van der Waals surface area contributed by atoms with Gasteiger partial charge in [-0.05, 0) is 58.0 Å². The van der Waals surface area contributed by atoms with E-state index in [0.717, 1.165) is 16.5 Å². The quantitative estimate of drug-likeness (QED) is 0.436. The van der Waals surface area contributed by atoms with Gasteiger partial charge in [0.15, 0.2) is 11.7 Å². The highest BCUT2D eigenvalue weighted by Gasteiger charge is 2.19. The lowest BCUT2D eigenvalue weighted by Gasteiger charge is -2.10. The smallest absolute Gasteiger partial charge is 0.338 e. The van der Waals surface area contributed by atoms with Gasteiger partial charge in [0.05, 0.1) is 11.7 Å². The highest BCUT2D eigenvalue weighted by molar-refractivity contribution is 7.12. The first-order valence-corrected chi connectivity index (χ1v) is 9.80. The van der Waals surface area contributed by atoms with Crippen molar-refractivity contribution in [2.45, 2.75) is 33.8 Å². The van der Waals surface area contributed by atoms with Gasteiger partial charge < -0.3 is 9.47 Å². The van der Waals surface area contributed by atoms with E-state index < -0.39 is 5.97 Å². The van der Waals surface area contributed by atoms with E-state index in [2.05, 4.69) is 4.98 Å². The van der Waals surface area contributed by atoms with Crippen LogP contribution >= 0.6 is 11.3 Å². The summed E-state index contributed by atoms with van der Waals surface area (Å²) in [6, 6.07) is 8.46. The van der Waals surface area contributed by atoms with E-state index in [9.17, 15) is 9.59 Å². The molecule has 2 aromatic heterocycles. The molecule has 0 aliphatic rings. The minimum absolute atomic E-state index is 0.0544. The van der Waals surface area contributed by atoms with Crippen LogP contribution in [0.4, 0.5) is 0 Å². The summed E-state index contributed by atoms with van der Waals surface area (Å²) in [4.78, 5) is 29.1. The molecule has 0 atom stereocenters. The third-order valence-electron chi connectivity index (χ3n) is 4.14. The number of thiazole rings is 1. The third-order valence-corrected chi connectivity index (χ3v) is 4.89. The predicted octanol–water partition coefficient (Wildman–Crippen LogP) is 4.38. The maximum absolute atomic E-state index is 12.6. The Labute approximate surface area is 167 Å². The molecule has 0 unspecified atom stereocenters. The van der Waals surface area contributed by atoms with Crippen LogP contribution in [0.1, 0.15) is 46.0 Å². The van der Waals surface area contributed by atoms with Gasteiger partial charge in [0, 0.05) is 28.5 Å². The van der Waals surface area contributed by atoms with Crippen molar-refractivity contribution in [3.05, 3.63) is 64.4 Å². The van der Waals surface area contributed by atoms with Crippen LogP contribution in [-0.4, -0.2) is 34.0 Å². The number of ether oxygens (including phenoxy) is 2. The Morgan fingerprint density at radius 1 is 1.18 bits per heavy atom. The highest BCUT2D eigenvalue weighted by atomic mass is 32.1. The summed E-state index contributed by atoms with van der Waals surface area (Å²) in [5.41, 5.74) is 2.59. The Hall–Kier alpha value is -2.93. The Kier molecular flexibility index (Phi) is 5.94. The van der Waals surface area contributed by atoms with Crippen LogP contribution in [0.15, 0.2) is 41.9 Å². The highest BCUT2D eigenvalue weighted by Crippen LogP contribution is 2.23. The molecule has 0 saturated heterocycles. The van der Waals surface area contributed by atoms with Crippen LogP contribution in [0, 0.1) is 13.8 Å². The Morgan fingerprint density at radius 2 is 1.89 bits per heavy atom. The largest absolute Gasteiger partial charge is 0.491 e. The van der Waals surface area contributed by atoms with Crippen molar-refractivity contribution in [1.82, 2.24) is 9.55 Å². The fourth-order valence-electron chi connectivity index (χ4n) is 2.90. The van der Waals surface area contributed by atoms with E-state index in [-0.39, 0.29) is 18.5 Å². The first-order valence-electron chi connectivity index (χ1n) is 8.92. The van der Waals surface area contributed by atoms with E-state index in [0.29, 0.717) is 16.9 Å². The van der Waals surface area contributed by atoms with Gasteiger partial charge >= 0.3 is 5.97 Å². The summed E-state index contributed by atoms with van der Waals surface area (Å²) in [6.45, 7) is 7.32. The zero-order chi connectivity index (χ0) is 20.3. The fourth-order valence-corrected chi connectivity index (χ4v) is 3.65. The summed E-state index contributed by atoms with van der Waals surface area (Å²) in [7, 11) is 0. The standard InChI is InChI=1S/C21H22N2O4S/c1-13(2)27-17-7-5-16(6-8-17)20(25)26-12-19(24)18-11-14(3)23(15(18)4)21-22-9-10-28-21/h5-11,13H,12H2,1-4H3. The lowest BCUT2D eigenvalue weighted by atomic mass is 10.1. The molecule has 0 aliphatic carbocycles.